The number of methoxy groups -OCH3 is 1. The quantitative estimate of drug-likeness (QED) is 0.789. The van der Waals surface area contributed by atoms with Gasteiger partial charge in [0.15, 0.2) is 0 Å². The predicted octanol–water partition coefficient (Wildman–Crippen LogP) is 2.17. The van der Waals surface area contributed by atoms with Crippen LogP contribution in [0.4, 0.5) is 5.69 Å². The number of nitrogens with one attached hydrogen (secondary N) is 1. The normalized spacial score (nSPS) is 15.1. The molecule has 7 heteroatoms. The Balaban J connectivity index is 1.95. The molecule has 0 unspecified atom stereocenters. The van der Waals surface area contributed by atoms with Gasteiger partial charge in [0, 0.05) is 6.54 Å². The van der Waals surface area contributed by atoms with E-state index < -0.39 is 5.97 Å². The molecule has 21 heavy (non-hydrogen) atoms. The lowest BCUT2D eigenvalue weighted by Crippen LogP contribution is -2.28. The van der Waals surface area contributed by atoms with Crippen molar-refractivity contribution < 1.29 is 9.53 Å². The van der Waals surface area contributed by atoms with Crippen LogP contribution in [0.5, 0.6) is 0 Å². The molecule has 1 heterocycles. The molecule has 1 aromatic rings. The third-order valence-corrected chi connectivity index (χ3v) is 4.60. The van der Waals surface area contributed by atoms with E-state index in [1.165, 1.54) is 32.8 Å². The minimum absolute atomic E-state index is 0.184. The van der Waals surface area contributed by atoms with E-state index in [4.69, 9.17) is 0 Å². The molecule has 1 fully saturated rings. The Morgan fingerprint density at radius 1 is 1.52 bits per heavy atom. The van der Waals surface area contributed by atoms with Gasteiger partial charge in [-0.2, -0.15) is 5.10 Å². The smallest absolute Gasteiger partial charge is 0.327 e. The first-order chi connectivity index (χ1) is 10.1. The molecule has 0 amide bonds. The largest absolute Gasteiger partial charge is 0.468 e. The van der Waals surface area contributed by atoms with Crippen molar-refractivity contribution in [1.82, 2.24) is 9.78 Å². The van der Waals surface area contributed by atoms with Gasteiger partial charge >= 0.3 is 5.97 Å². The molecule has 0 radical (unpaired) electrons. The van der Waals surface area contributed by atoms with Gasteiger partial charge in [0.1, 0.15) is 11.0 Å². The fourth-order valence-corrected chi connectivity index (χ4v) is 3.04. The highest BCUT2D eigenvalue weighted by Gasteiger charge is 2.15. The molecule has 1 aliphatic carbocycles. The van der Waals surface area contributed by atoms with Crippen LogP contribution in [-0.4, -0.2) is 29.4 Å². The number of carbonyl (C=O) groups excluding carboxylic acids is 1. The van der Waals surface area contributed by atoms with E-state index >= 15 is 0 Å². The predicted molar refractivity (Wildman–Crippen MR) is 83.3 cm³/mol. The van der Waals surface area contributed by atoms with Gasteiger partial charge in [-0.15, -0.1) is 0 Å². The van der Waals surface area contributed by atoms with Gasteiger partial charge in [-0.25, -0.2) is 4.68 Å². The summed E-state index contributed by atoms with van der Waals surface area (Å²) in [6, 6.07) is 0. The van der Waals surface area contributed by atoms with E-state index in [1.54, 1.807) is 6.20 Å². The summed E-state index contributed by atoms with van der Waals surface area (Å²) in [6.45, 7) is 0.641. The van der Waals surface area contributed by atoms with Crippen molar-refractivity contribution in [2.75, 3.05) is 19.0 Å². The Kier molecular flexibility index (Phi) is 5.78. The Morgan fingerprint density at radius 3 is 2.90 bits per heavy atom. The molecular formula is C14H20BrN3O3. The molecule has 1 aliphatic rings. The SMILES string of the molecule is COC(=O)Cn1ncc(NCCC2CCCC2)c(Br)c1=O. The number of nitrogens with zero attached hydrogens (tertiary/aromatic N) is 2. The number of anilines is 1. The highest BCUT2D eigenvalue weighted by Crippen LogP contribution is 2.27. The van der Waals surface area contributed by atoms with Crippen molar-refractivity contribution in [2.24, 2.45) is 5.92 Å². The van der Waals surface area contributed by atoms with Crippen LogP contribution in [0, 0.1) is 5.92 Å². The van der Waals surface area contributed by atoms with Crippen LogP contribution in [-0.2, 0) is 16.1 Å². The number of hydrogen-bond acceptors (Lipinski definition) is 5. The van der Waals surface area contributed by atoms with Crippen molar-refractivity contribution in [3.8, 4) is 0 Å². The average molecular weight is 358 g/mol. The summed E-state index contributed by atoms with van der Waals surface area (Å²) in [7, 11) is 1.28. The molecule has 6 nitrogen and oxygen atoms in total. The van der Waals surface area contributed by atoms with Crippen LogP contribution in [0.15, 0.2) is 15.5 Å². The minimum Gasteiger partial charge on any atom is -0.468 e. The number of aromatic nitrogens is 2. The van der Waals surface area contributed by atoms with E-state index in [1.807, 2.05) is 0 Å². The maximum Gasteiger partial charge on any atom is 0.327 e. The van der Waals surface area contributed by atoms with Crippen molar-refractivity contribution in [2.45, 2.75) is 38.6 Å². The van der Waals surface area contributed by atoms with Crippen LogP contribution in [0.1, 0.15) is 32.1 Å². The first kappa shape index (κ1) is 16.0. The molecule has 1 saturated carbocycles. The lowest BCUT2D eigenvalue weighted by atomic mass is 10.0. The molecular weight excluding hydrogens is 338 g/mol. The van der Waals surface area contributed by atoms with Gasteiger partial charge in [0.05, 0.1) is 19.0 Å². The highest BCUT2D eigenvalue weighted by molar-refractivity contribution is 9.10. The summed E-state index contributed by atoms with van der Waals surface area (Å²) in [5, 5.41) is 7.22. The third kappa shape index (κ3) is 4.30. The Hall–Kier alpha value is -1.37. The van der Waals surface area contributed by atoms with Gasteiger partial charge < -0.3 is 10.1 Å². The molecule has 0 aliphatic heterocycles. The molecule has 2 rings (SSSR count). The van der Waals surface area contributed by atoms with Crippen molar-refractivity contribution >= 4 is 27.6 Å². The van der Waals surface area contributed by atoms with E-state index in [0.29, 0.717) is 10.2 Å². The topological polar surface area (TPSA) is 73.2 Å². The second-order valence-corrected chi connectivity index (χ2v) is 6.07. The molecule has 0 spiro atoms. The third-order valence-electron chi connectivity index (χ3n) is 3.83. The van der Waals surface area contributed by atoms with Crippen molar-refractivity contribution in [3.63, 3.8) is 0 Å². The first-order valence-corrected chi connectivity index (χ1v) is 7.97. The van der Waals surface area contributed by atoms with Crippen LogP contribution < -0.4 is 10.9 Å². The average Bonchev–Trinajstić information content (AvgIpc) is 2.99. The van der Waals surface area contributed by atoms with Crippen LogP contribution >= 0.6 is 15.9 Å². The van der Waals surface area contributed by atoms with Gasteiger partial charge in [-0.05, 0) is 28.3 Å². The second kappa shape index (κ2) is 7.59. The van der Waals surface area contributed by atoms with Gasteiger partial charge in [-0.1, -0.05) is 25.7 Å². The lowest BCUT2D eigenvalue weighted by molar-refractivity contribution is -0.141. The van der Waals surface area contributed by atoms with Gasteiger partial charge in [0.25, 0.3) is 5.56 Å². The first-order valence-electron chi connectivity index (χ1n) is 7.18. The monoisotopic (exact) mass is 357 g/mol. The molecule has 0 saturated heterocycles. The number of rotatable bonds is 6. The molecule has 1 N–H and O–H groups in total. The van der Waals surface area contributed by atoms with Crippen LogP contribution in [0.25, 0.3) is 0 Å². The Bertz CT molecular complexity index is 553. The number of esters is 1. The highest BCUT2D eigenvalue weighted by atomic mass is 79.9. The van der Waals surface area contributed by atoms with Crippen molar-refractivity contribution in [3.05, 3.63) is 21.0 Å². The summed E-state index contributed by atoms with van der Waals surface area (Å²) < 4.78 is 6.01. The Morgan fingerprint density at radius 2 is 2.24 bits per heavy atom. The summed E-state index contributed by atoms with van der Waals surface area (Å²) >= 11 is 3.27. The van der Waals surface area contributed by atoms with E-state index in [9.17, 15) is 9.59 Å². The number of carbonyl (C=O) groups is 1. The maximum absolute atomic E-state index is 12.1. The van der Waals surface area contributed by atoms with Crippen LogP contribution in [0.2, 0.25) is 0 Å². The fraction of sp³-hybridized carbons (Fsp3) is 0.643. The van der Waals surface area contributed by atoms with Crippen molar-refractivity contribution in [1.29, 1.82) is 0 Å². The molecule has 0 bridgehead atoms. The van der Waals surface area contributed by atoms with E-state index in [0.717, 1.165) is 23.6 Å². The second-order valence-electron chi connectivity index (χ2n) is 5.28. The maximum atomic E-state index is 12.1. The number of ether oxygens (including phenoxy) is 1. The van der Waals surface area contributed by atoms with E-state index in [2.05, 4.69) is 31.1 Å². The van der Waals surface area contributed by atoms with Crippen LogP contribution in [0.3, 0.4) is 0 Å². The summed E-state index contributed by atoms with van der Waals surface area (Å²) in [4.78, 5) is 23.3. The zero-order valence-corrected chi connectivity index (χ0v) is 13.7. The zero-order valence-electron chi connectivity index (χ0n) is 12.1. The lowest BCUT2D eigenvalue weighted by Gasteiger charge is -2.12. The van der Waals surface area contributed by atoms with Gasteiger partial charge in [-0.3, -0.25) is 9.59 Å². The molecule has 1 aromatic heterocycles. The molecule has 0 atom stereocenters. The summed E-state index contributed by atoms with van der Waals surface area (Å²) in [5.74, 6) is 0.294. The molecule has 0 aromatic carbocycles. The molecule has 116 valence electrons. The fourth-order valence-electron chi connectivity index (χ4n) is 2.60. The standard InChI is InChI=1S/C14H20BrN3O3/c1-21-12(19)9-18-14(20)13(15)11(8-17-18)16-7-6-10-4-2-3-5-10/h8,10,16H,2-7,9H2,1H3. The minimum atomic E-state index is -0.501. The number of hydrogen-bond donors (Lipinski definition) is 1. The zero-order chi connectivity index (χ0) is 15.2. The number of halogens is 1. The Labute approximate surface area is 132 Å². The van der Waals surface area contributed by atoms with Gasteiger partial charge in [0.2, 0.25) is 0 Å². The van der Waals surface area contributed by atoms with E-state index in [-0.39, 0.29) is 12.1 Å². The summed E-state index contributed by atoms with van der Waals surface area (Å²) in [6.07, 6.45) is 7.95. The summed E-state index contributed by atoms with van der Waals surface area (Å²) in [5.41, 5.74) is 0.324.